The van der Waals surface area contributed by atoms with Crippen LogP contribution in [0.5, 0.6) is 0 Å². The number of nitrogens with zero attached hydrogens (tertiary/aromatic N) is 2. The molecule has 0 atom stereocenters. The van der Waals surface area contributed by atoms with Crippen molar-refractivity contribution in [1.82, 2.24) is 9.97 Å². The molecule has 1 aromatic heterocycles. The van der Waals surface area contributed by atoms with E-state index in [1.165, 1.54) is 0 Å². The summed E-state index contributed by atoms with van der Waals surface area (Å²) < 4.78 is 0. The summed E-state index contributed by atoms with van der Waals surface area (Å²) in [4.78, 5) is 8.25. The summed E-state index contributed by atoms with van der Waals surface area (Å²) in [7, 11) is 0. The van der Waals surface area contributed by atoms with Gasteiger partial charge in [-0.05, 0) is 19.1 Å². The number of hydrogen-bond donors (Lipinski definition) is 0. The molecule has 0 aliphatic rings. The molecule has 0 saturated heterocycles. The van der Waals surface area contributed by atoms with Crippen molar-refractivity contribution in [1.29, 1.82) is 0 Å². The molecule has 4 heteroatoms. The smallest absolute Gasteiger partial charge is 0.140 e. The lowest BCUT2D eigenvalue weighted by atomic mass is 10.2. The van der Waals surface area contributed by atoms with Crippen LogP contribution < -0.4 is 0 Å². The fourth-order valence-corrected chi connectivity index (χ4v) is 1.68. The van der Waals surface area contributed by atoms with Gasteiger partial charge in [-0.15, -0.1) is 0 Å². The first-order valence-electron chi connectivity index (χ1n) is 3.77. The standard InChI is InChI=1S/C9H6Cl2N2/c1-5-12-8-6(9(11)13-5)3-2-4-7(8)10/h2-4H,1H3. The molecule has 0 fully saturated rings. The molecule has 2 aromatic rings. The minimum absolute atomic E-state index is 0.449. The number of benzene rings is 1. The molecule has 0 spiro atoms. The van der Waals surface area contributed by atoms with Crippen LogP contribution in [0, 0.1) is 6.92 Å². The second kappa shape index (κ2) is 3.13. The summed E-state index contributed by atoms with van der Waals surface area (Å²) in [5.41, 5.74) is 0.710. The van der Waals surface area contributed by atoms with Gasteiger partial charge in [0.25, 0.3) is 0 Å². The van der Waals surface area contributed by atoms with Crippen LogP contribution in [-0.4, -0.2) is 9.97 Å². The SMILES string of the molecule is Cc1nc(Cl)c2cccc(Cl)c2n1. The van der Waals surface area contributed by atoms with Gasteiger partial charge in [-0.2, -0.15) is 0 Å². The highest BCUT2D eigenvalue weighted by molar-refractivity contribution is 6.38. The summed E-state index contributed by atoms with van der Waals surface area (Å²) in [6.07, 6.45) is 0. The van der Waals surface area contributed by atoms with Gasteiger partial charge in [-0.3, -0.25) is 0 Å². The lowest BCUT2D eigenvalue weighted by Crippen LogP contribution is -1.90. The van der Waals surface area contributed by atoms with Gasteiger partial charge in [-0.25, -0.2) is 9.97 Å². The minimum atomic E-state index is 0.449. The molecule has 1 heterocycles. The van der Waals surface area contributed by atoms with Crippen molar-refractivity contribution >= 4 is 34.1 Å². The second-order valence-corrected chi connectivity index (χ2v) is 3.46. The molecule has 0 aliphatic heterocycles. The predicted octanol–water partition coefficient (Wildman–Crippen LogP) is 3.25. The molecular weight excluding hydrogens is 207 g/mol. The molecule has 0 bridgehead atoms. The van der Waals surface area contributed by atoms with E-state index in [1.807, 2.05) is 12.1 Å². The van der Waals surface area contributed by atoms with Crippen molar-refractivity contribution in [3.05, 3.63) is 34.2 Å². The van der Waals surface area contributed by atoms with E-state index in [-0.39, 0.29) is 0 Å². The lowest BCUT2D eigenvalue weighted by Gasteiger charge is -2.01. The quantitative estimate of drug-likeness (QED) is 0.627. The van der Waals surface area contributed by atoms with Crippen LogP contribution in [0.3, 0.4) is 0 Å². The maximum absolute atomic E-state index is 5.95. The van der Waals surface area contributed by atoms with E-state index in [1.54, 1.807) is 13.0 Å². The van der Waals surface area contributed by atoms with E-state index in [2.05, 4.69) is 9.97 Å². The number of aryl methyl sites for hydroxylation is 1. The molecule has 0 unspecified atom stereocenters. The van der Waals surface area contributed by atoms with Crippen LogP contribution in [0.2, 0.25) is 10.2 Å². The molecule has 13 heavy (non-hydrogen) atoms. The van der Waals surface area contributed by atoms with Crippen molar-refractivity contribution < 1.29 is 0 Å². The van der Waals surface area contributed by atoms with Crippen LogP contribution in [0.25, 0.3) is 10.9 Å². The van der Waals surface area contributed by atoms with Crippen LogP contribution >= 0.6 is 23.2 Å². The first-order valence-corrected chi connectivity index (χ1v) is 4.52. The maximum atomic E-state index is 5.95. The number of halogens is 2. The van der Waals surface area contributed by atoms with Crippen LogP contribution in [0.1, 0.15) is 5.82 Å². The predicted molar refractivity (Wildman–Crippen MR) is 54.3 cm³/mol. The fourth-order valence-electron chi connectivity index (χ4n) is 1.18. The number of fused-ring (bicyclic) bond motifs is 1. The topological polar surface area (TPSA) is 25.8 Å². The first-order chi connectivity index (χ1) is 6.18. The van der Waals surface area contributed by atoms with Crippen LogP contribution in [0.15, 0.2) is 18.2 Å². The van der Waals surface area contributed by atoms with Crippen molar-refractivity contribution in [2.75, 3.05) is 0 Å². The van der Waals surface area contributed by atoms with E-state index < -0.39 is 0 Å². The van der Waals surface area contributed by atoms with E-state index in [0.717, 1.165) is 5.39 Å². The Hall–Kier alpha value is -0.860. The number of hydrogen-bond acceptors (Lipinski definition) is 2. The zero-order valence-electron chi connectivity index (χ0n) is 6.88. The molecular formula is C9H6Cl2N2. The molecule has 0 aliphatic carbocycles. The average molecular weight is 213 g/mol. The van der Waals surface area contributed by atoms with E-state index in [0.29, 0.717) is 21.5 Å². The van der Waals surface area contributed by atoms with Crippen LogP contribution in [0.4, 0.5) is 0 Å². The monoisotopic (exact) mass is 212 g/mol. The maximum Gasteiger partial charge on any atom is 0.140 e. The van der Waals surface area contributed by atoms with Crippen molar-refractivity contribution in [3.8, 4) is 0 Å². The highest BCUT2D eigenvalue weighted by atomic mass is 35.5. The zero-order valence-corrected chi connectivity index (χ0v) is 8.39. The van der Waals surface area contributed by atoms with E-state index in [4.69, 9.17) is 23.2 Å². The highest BCUT2D eigenvalue weighted by Gasteiger charge is 2.05. The van der Waals surface area contributed by atoms with Crippen LogP contribution in [-0.2, 0) is 0 Å². The average Bonchev–Trinajstić information content (AvgIpc) is 2.07. The normalized spacial score (nSPS) is 10.7. The largest absolute Gasteiger partial charge is 0.232 e. The number of aromatic nitrogens is 2. The van der Waals surface area contributed by atoms with Gasteiger partial charge in [0.05, 0.1) is 10.5 Å². The van der Waals surface area contributed by atoms with E-state index in [9.17, 15) is 0 Å². The zero-order chi connectivity index (χ0) is 9.42. The highest BCUT2D eigenvalue weighted by Crippen LogP contribution is 2.25. The number of rotatable bonds is 0. The third kappa shape index (κ3) is 1.47. The first kappa shape index (κ1) is 8.73. The summed E-state index contributed by atoms with van der Waals surface area (Å²) in [6, 6.07) is 5.46. The minimum Gasteiger partial charge on any atom is -0.232 e. The molecule has 0 radical (unpaired) electrons. The Labute approximate surface area is 85.5 Å². The van der Waals surface area contributed by atoms with Gasteiger partial charge in [0.15, 0.2) is 0 Å². The molecule has 66 valence electrons. The third-order valence-corrected chi connectivity index (χ3v) is 2.34. The summed E-state index contributed by atoms with van der Waals surface area (Å²) in [5, 5.41) is 1.84. The molecule has 2 nitrogen and oxygen atoms in total. The van der Waals surface area contributed by atoms with Gasteiger partial charge in [0.1, 0.15) is 11.0 Å². The van der Waals surface area contributed by atoms with Gasteiger partial charge < -0.3 is 0 Å². The Bertz CT molecular complexity index is 468. The Morgan fingerprint density at radius 1 is 1.15 bits per heavy atom. The van der Waals surface area contributed by atoms with Crippen molar-refractivity contribution in [3.63, 3.8) is 0 Å². The fraction of sp³-hybridized carbons (Fsp3) is 0.111. The third-order valence-electron chi connectivity index (χ3n) is 1.74. The van der Waals surface area contributed by atoms with Crippen molar-refractivity contribution in [2.45, 2.75) is 6.92 Å². The molecule has 1 aromatic carbocycles. The molecule has 2 rings (SSSR count). The lowest BCUT2D eigenvalue weighted by molar-refractivity contribution is 1.09. The number of para-hydroxylation sites is 1. The summed E-state index contributed by atoms with van der Waals surface area (Å²) >= 11 is 11.9. The summed E-state index contributed by atoms with van der Waals surface area (Å²) in [6.45, 7) is 1.79. The molecule has 0 N–H and O–H groups in total. The van der Waals surface area contributed by atoms with Gasteiger partial charge in [0, 0.05) is 5.39 Å². The van der Waals surface area contributed by atoms with E-state index >= 15 is 0 Å². The van der Waals surface area contributed by atoms with Gasteiger partial charge in [0.2, 0.25) is 0 Å². The van der Waals surface area contributed by atoms with Crippen molar-refractivity contribution in [2.24, 2.45) is 0 Å². The Morgan fingerprint density at radius 3 is 2.69 bits per heavy atom. The molecule has 0 saturated carbocycles. The Morgan fingerprint density at radius 2 is 1.92 bits per heavy atom. The summed E-state index contributed by atoms with van der Waals surface area (Å²) in [5.74, 6) is 0.630. The Balaban J connectivity index is 2.94. The molecule has 0 amide bonds. The Kier molecular flexibility index (Phi) is 2.10. The van der Waals surface area contributed by atoms with Gasteiger partial charge >= 0.3 is 0 Å². The van der Waals surface area contributed by atoms with Gasteiger partial charge in [-0.1, -0.05) is 29.3 Å². The second-order valence-electron chi connectivity index (χ2n) is 2.70.